The van der Waals surface area contributed by atoms with Gasteiger partial charge in [-0.1, -0.05) is 68.1 Å². The molecule has 0 aliphatic heterocycles. The molecule has 0 amide bonds. The summed E-state index contributed by atoms with van der Waals surface area (Å²) in [7, 11) is 15.0. The van der Waals surface area contributed by atoms with Gasteiger partial charge in [0.15, 0.2) is 0 Å². The van der Waals surface area contributed by atoms with Gasteiger partial charge in [-0.25, -0.2) is 0 Å². The number of aliphatic imine (C=N–C) groups is 1. The molecule has 1 fully saturated rings. The predicted molar refractivity (Wildman–Crippen MR) is 110 cm³/mol. The molecule has 0 aromatic heterocycles. The quantitative estimate of drug-likeness (QED) is 0.240. The summed E-state index contributed by atoms with van der Waals surface area (Å²) in [4.78, 5) is 4.27. The van der Waals surface area contributed by atoms with Gasteiger partial charge in [0.25, 0.3) is 0 Å². The monoisotopic (exact) mass is 567 g/mol. The van der Waals surface area contributed by atoms with Crippen molar-refractivity contribution in [2.24, 2.45) is 34.6 Å². The first kappa shape index (κ1) is 27.3. The summed E-state index contributed by atoms with van der Waals surface area (Å²) in [5.41, 5.74) is 0. The van der Waals surface area contributed by atoms with Gasteiger partial charge in [-0.15, -0.1) is 0 Å². The van der Waals surface area contributed by atoms with E-state index in [2.05, 4.69) is 72.6 Å². The third-order valence-corrected chi connectivity index (χ3v) is 5.04. The topological polar surface area (TPSA) is 26.5 Å². The van der Waals surface area contributed by atoms with Gasteiger partial charge in [0, 0.05) is 0 Å². The number of hydrogen-bond acceptors (Lipinski definition) is 1. The molecule has 0 unspecified atom stereocenters. The summed E-state index contributed by atoms with van der Waals surface area (Å²) in [6.45, 7) is 22.2. The van der Waals surface area contributed by atoms with Gasteiger partial charge < -0.3 is 10.3 Å². The standard InChI is InChI=1S/C10H20.C8H17N2.3ClH.Ta/c1-6-7(2)9(4)10(5)8(6)3;1-6(2)9-8(5)10-7(3)4;;;;/h6-10H,1-5H3;6-7H,1-5H3;3*1H;/q;-1;;;;+3/p-3. The summed E-state index contributed by atoms with van der Waals surface area (Å²) < 4.78 is 0. The van der Waals surface area contributed by atoms with Gasteiger partial charge in [-0.2, -0.15) is 0 Å². The number of rotatable bonds is 2. The first-order chi connectivity index (χ1) is 10.8. The van der Waals surface area contributed by atoms with Crippen LogP contribution in [0.3, 0.4) is 0 Å². The van der Waals surface area contributed by atoms with E-state index in [1.165, 1.54) is 0 Å². The van der Waals surface area contributed by atoms with E-state index in [0.29, 0.717) is 12.1 Å². The van der Waals surface area contributed by atoms with E-state index in [-0.39, 0.29) is 0 Å². The van der Waals surface area contributed by atoms with E-state index in [0.717, 1.165) is 35.4 Å². The molecular weight excluding hydrogens is 532 g/mol. The van der Waals surface area contributed by atoms with Crippen LogP contribution in [0.1, 0.15) is 69.2 Å². The van der Waals surface area contributed by atoms with Crippen molar-refractivity contribution in [3.63, 3.8) is 0 Å². The zero-order chi connectivity index (χ0) is 19.6. The molecular formula is C18H37Cl3N2Ta-. The van der Waals surface area contributed by atoms with Gasteiger partial charge in [0.05, 0.1) is 0 Å². The molecule has 0 aromatic rings. The van der Waals surface area contributed by atoms with Gasteiger partial charge >= 0.3 is 42.8 Å². The Hall–Kier alpha value is 1.08. The van der Waals surface area contributed by atoms with E-state index in [4.69, 9.17) is 27.6 Å². The number of nitrogens with zero attached hydrogens (tertiary/aromatic N) is 2. The molecule has 1 aliphatic rings. The summed E-state index contributed by atoms with van der Waals surface area (Å²) >= 11 is -2.18. The molecule has 6 heteroatoms. The van der Waals surface area contributed by atoms with Crippen LogP contribution in [0.25, 0.3) is 5.32 Å². The van der Waals surface area contributed by atoms with E-state index in [9.17, 15) is 0 Å². The van der Waals surface area contributed by atoms with Crippen LogP contribution in [0, 0.1) is 29.6 Å². The van der Waals surface area contributed by atoms with Crippen LogP contribution in [0.15, 0.2) is 4.99 Å². The maximum atomic E-state index is 5.01. The fourth-order valence-corrected chi connectivity index (χ4v) is 3.17. The van der Waals surface area contributed by atoms with Crippen LogP contribution in [0.5, 0.6) is 0 Å². The Morgan fingerprint density at radius 2 is 1.04 bits per heavy atom. The third kappa shape index (κ3) is 13.3. The third-order valence-electron chi connectivity index (χ3n) is 5.04. The summed E-state index contributed by atoms with van der Waals surface area (Å²) in [6, 6.07) is 0.727. The maximum absolute atomic E-state index is 5.01. The summed E-state index contributed by atoms with van der Waals surface area (Å²) in [5.74, 6) is 5.58. The first-order valence-corrected chi connectivity index (χ1v) is 20.8. The van der Waals surface area contributed by atoms with Crippen LogP contribution in [-0.2, 0) is 15.2 Å². The molecule has 146 valence electrons. The van der Waals surface area contributed by atoms with Crippen molar-refractivity contribution in [3.8, 4) is 0 Å². The molecule has 24 heavy (non-hydrogen) atoms. The molecule has 0 bridgehead atoms. The second kappa shape index (κ2) is 14.2. The Labute approximate surface area is 169 Å². The molecule has 0 saturated heterocycles. The zero-order valence-corrected chi connectivity index (χ0v) is 22.5. The molecule has 0 spiro atoms. The molecule has 1 aliphatic carbocycles. The Morgan fingerprint density at radius 3 is 1.21 bits per heavy atom. The van der Waals surface area contributed by atoms with Crippen LogP contribution in [0.4, 0.5) is 0 Å². The zero-order valence-electron chi connectivity index (χ0n) is 17.0. The second-order valence-electron chi connectivity index (χ2n) is 7.48. The second-order valence-corrected chi connectivity index (χ2v) is 21.4. The molecule has 0 radical (unpaired) electrons. The SMILES string of the molecule is CC(=NC(C)C)[N-]C(C)C.CC1C(C)C(C)C(C)C1C.[Cl][Ta]([Cl])[Cl]. The average molecular weight is 569 g/mol. The Kier molecular flexibility index (Phi) is 16.1. The molecule has 2 nitrogen and oxygen atoms in total. The number of amidine groups is 1. The van der Waals surface area contributed by atoms with E-state index < -0.39 is 15.2 Å². The minimum atomic E-state index is -2.18. The van der Waals surface area contributed by atoms with Crippen LogP contribution >= 0.6 is 27.6 Å². The van der Waals surface area contributed by atoms with Gasteiger partial charge in [-0.05, 0) is 48.6 Å². The van der Waals surface area contributed by atoms with Gasteiger partial charge in [-0.3, -0.25) is 0 Å². The molecule has 1 rings (SSSR count). The van der Waals surface area contributed by atoms with Crippen molar-refractivity contribution < 1.29 is 15.2 Å². The van der Waals surface area contributed by atoms with Crippen molar-refractivity contribution in [1.82, 2.24) is 0 Å². The fourth-order valence-electron chi connectivity index (χ4n) is 3.17. The average Bonchev–Trinajstić information content (AvgIpc) is 2.55. The van der Waals surface area contributed by atoms with Crippen LogP contribution in [-0.4, -0.2) is 17.9 Å². The van der Waals surface area contributed by atoms with Gasteiger partial charge in [0.2, 0.25) is 0 Å². The Bertz CT molecular complexity index is 302. The molecule has 0 atom stereocenters. The molecule has 0 heterocycles. The minimum absolute atomic E-state index is 0.363. The van der Waals surface area contributed by atoms with E-state index in [1.807, 2.05) is 6.92 Å². The van der Waals surface area contributed by atoms with Crippen molar-refractivity contribution in [2.45, 2.75) is 81.3 Å². The number of halogens is 3. The normalized spacial score (nSPS) is 30.0. The molecule has 1 saturated carbocycles. The molecule has 0 N–H and O–H groups in total. The van der Waals surface area contributed by atoms with Crippen molar-refractivity contribution >= 4 is 33.4 Å². The summed E-state index contributed by atoms with van der Waals surface area (Å²) in [5, 5.41) is 4.27. The molecule has 0 aromatic carbocycles. The Morgan fingerprint density at radius 1 is 0.792 bits per heavy atom. The van der Waals surface area contributed by atoms with Crippen molar-refractivity contribution in [2.75, 3.05) is 0 Å². The van der Waals surface area contributed by atoms with Crippen LogP contribution < -0.4 is 0 Å². The fraction of sp³-hybridized carbons (Fsp3) is 0.944. The summed E-state index contributed by atoms with van der Waals surface area (Å²) in [6.07, 6.45) is 0. The van der Waals surface area contributed by atoms with E-state index in [1.54, 1.807) is 0 Å². The van der Waals surface area contributed by atoms with Crippen LogP contribution in [0.2, 0.25) is 0 Å². The predicted octanol–water partition coefficient (Wildman–Crippen LogP) is 7.84. The van der Waals surface area contributed by atoms with Gasteiger partial charge in [0.1, 0.15) is 0 Å². The Balaban J connectivity index is 0. The van der Waals surface area contributed by atoms with E-state index >= 15 is 0 Å². The van der Waals surface area contributed by atoms with Crippen molar-refractivity contribution in [1.29, 1.82) is 0 Å². The number of hydrogen-bond donors (Lipinski definition) is 0. The van der Waals surface area contributed by atoms with Crippen molar-refractivity contribution in [3.05, 3.63) is 5.32 Å². The first-order valence-electron chi connectivity index (χ1n) is 8.83.